The van der Waals surface area contributed by atoms with E-state index < -0.39 is 23.9 Å². The first kappa shape index (κ1) is 17.8. The predicted molar refractivity (Wildman–Crippen MR) is 73.5 cm³/mol. The number of alkyl halides is 3. The van der Waals surface area contributed by atoms with Gasteiger partial charge in [0.2, 0.25) is 0 Å². The van der Waals surface area contributed by atoms with Crippen LogP contribution in [0.3, 0.4) is 0 Å². The molecule has 0 aliphatic rings. The number of ketones is 1. The van der Waals surface area contributed by atoms with E-state index >= 15 is 0 Å². The number of ether oxygens (including phenoxy) is 1. The zero-order chi connectivity index (χ0) is 16.9. The first-order chi connectivity index (χ1) is 10.1. The number of anilines is 1. The number of Topliss-reactive ketones (excluding diaryl/α,β-unsaturated/α-hetero) is 1. The summed E-state index contributed by atoms with van der Waals surface area (Å²) in [5.41, 5.74) is 1.62. The molecule has 1 N–H and O–H groups in total. The molecule has 0 radical (unpaired) electrons. The maximum Gasteiger partial charge on any atom is 0.455 e. The van der Waals surface area contributed by atoms with Crippen LogP contribution in [0.15, 0.2) is 17.2 Å². The maximum atomic E-state index is 13.6. The van der Waals surface area contributed by atoms with Crippen molar-refractivity contribution in [2.24, 2.45) is 5.10 Å². The molecule has 0 aromatic heterocycles. The number of benzene rings is 1. The molecule has 9 heteroatoms. The summed E-state index contributed by atoms with van der Waals surface area (Å²) < 4.78 is 54.6. The van der Waals surface area contributed by atoms with E-state index in [1.54, 1.807) is 0 Å². The van der Waals surface area contributed by atoms with E-state index in [2.05, 4.69) is 11.0 Å². The summed E-state index contributed by atoms with van der Waals surface area (Å²) in [6.45, 7) is 1.53. The first-order valence-electron chi connectivity index (χ1n) is 5.67. The molecule has 4 nitrogen and oxygen atoms in total. The van der Waals surface area contributed by atoms with E-state index in [9.17, 15) is 22.4 Å². The average molecular weight is 337 g/mol. The van der Waals surface area contributed by atoms with Crippen molar-refractivity contribution in [2.45, 2.75) is 19.2 Å². The number of hydrogen-bond donors (Lipinski definition) is 1. The predicted octanol–water partition coefficient (Wildman–Crippen LogP) is 3.41. The van der Waals surface area contributed by atoms with Crippen LogP contribution < -0.4 is 10.2 Å². The molecule has 22 heavy (non-hydrogen) atoms. The van der Waals surface area contributed by atoms with Crippen molar-refractivity contribution in [3.05, 3.63) is 23.0 Å². The number of rotatable bonds is 5. The Morgan fingerprint density at radius 2 is 2.18 bits per heavy atom. The van der Waals surface area contributed by atoms with Crippen LogP contribution in [0.2, 0.25) is 5.02 Å². The summed E-state index contributed by atoms with van der Waals surface area (Å²) in [5, 5.41) is 2.93. The van der Waals surface area contributed by atoms with Crippen LogP contribution in [0.4, 0.5) is 23.2 Å². The Kier molecular flexibility index (Phi) is 5.77. The number of hydrazone groups is 1. The van der Waals surface area contributed by atoms with Gasteiger partial charge in [-0.05, 0) is 13.0 Å². The molecule has 0 fully saturated rings. The molecule has 1 aromatic carbocycles. The van der Waals surface area contributed by atoms with Gasteiger partial charge in [-0.2, -0.15) is 18.3 Å². The van der Waals surface area contributed by atoms with Gasteiger partial charge in [-0.3, -0.25) is 10.2 Å². The lowest BCUT2D eigenvalue weighted by molar-refractivity contribution is -0.162. The van der Waals surface area contributed by atoms with Gasteiger partial charge in [0.05, 0.1) is 16.9 Å². The molecule has 1 aromatic rings. The van der Waals surface area contributed by atoms with Gasteiger partial charge in [0, 0.05) is 6.07 Å². The van der Waals surface area contributed by atoms with Crippen molar-refractivity contribution in [3.63, 3.8) is 0 Å². The van der Waals surface area contributed by atoms with Crippen LogP contribution in [0.25, 0.3) is 0 Å². The van der Waals surface area contributed by atoms with Crippen LogP contribution in [0.5, 0.6) is 5.75 Å². The molecule has 0 amide bonds. The van der Waals surface area contributed by atoms with Gasteiger partial charge in [-0.25, -0.2) is 4.39 Å². The van der Waals surface area contributed by atoms with Crippen molar-refractivity contribution in [1.29, 1.82) is 0 Å². The van der Waals surface area contributed by atoms with Crippen LogP contribution in [0.1, 0.15) is 6.92 Å². The Bertz CT molecular complexity index is 638. The zero-order valence-corrected chi connectivity index (χ0v) is 11.8. The summed E-state index contributed by atoms with van der Waals surface area (Å²) in [6, 6.07) is 1.92. The van der Waals surface area contributed by atoms with Crippen LogP contribution >= 0.6 is 11.6 Å². The highest BCUT2D eigenvalue weighted by Gasteiger charge is 2.36. The number of carbonyl (C=O) groups is 1. The molecule has 118 valence electrons. The summed E-state index contributed by atoms with van der Waals surface area (Å²) in [5.74, 6) is -0.826. The van der Waals surface area contributed by atoms with Crippen molar-refractivity contribution in [2.75, 3.05) is 5.43 Å². The molecule has 1 rings (SSSR count). The largest absolute Gasteiger partial charge is 0.476 e. The van der Waals surface area contributed by atoms with E-state index in [0.29, 0.717) is 0 Å². The summed E-state index contributed by atoms with van der Waals surface area (Å²) >= 11 is 5.74. The second kappa shape index (κ2) is 7.13. The Morgan fingerprint density at radius 3 is 2.73 bits per heavy atom. The summed E-state index contributed by atoms with van der Waals surface area (Å²) in [7, 11) is 0. The summed E-state index contributed by atoms with van der Waals surface area (Å²) in [6.07, 6.45) is -0.615. The van der Waals surface area contributed by atoms with Crippen molar-refractivity contribution in [1.82, 2.24) is 0 Å². The zero-order valence-electron chi connectivity index (χ0n) is 11.0. The number of halogens is 5. The third kappa shape index (κ3) is 4.93. The Balaban J connectivity index is 2.92. The molecule has 1 atom stereocenters. The minimum Gasteiger partial charge on any atom is -0.476 e. The van der Waals surface area contributed by atoms with E-state index in [1.807, 2.05) is 5.43 Å². The fourth-order valence-corrected chi connectivity index (χ4v) is 1.36. The van der Waals surface area contributed by atoms with E-state index in [4.69, 9.17) is 22.8 Å². The smallest absolute Gasteiger partial charge is 0.455 e. The van der Waals surface area contributed by atoms with Gasteiger partial charge in [0.1, 0.15) is 11.6 Å². The first-order valence-corrected chi connectivity index (χ1v) is 6.05. The highest BCUT2D eigenvalue weighted by atomic mass is 35.5. The van der Waals surface area contributed by atoms with Crippen LogP contribution in [0, 0.1) is 18.2 Å². The van der Waals surface area contributed by atoms with E-state index in [-0.39, 0.29) is 22.7 Å². The second-order valence-corrected chi connectivity index (χ2v) is 4.33. The number of nitrogens with zero attached hydrogens (tertiary/aromatic N) is 1. The molecular formula is C13H9ClF4N2O2. The highest BCUT2D eigenvalue weighted by Crippen LogP contribution is 2.31. The maximum absolute atomic E-state index is 13.6. The van der Waals surface area contributed by atoms with Crippen molar-refractivity contribution in [3.8, 4) is 18.1 Å². The van der Waals surface area contributed by atoms with Gasteiger partial charge < -0.3 is 4.74 Å². The summed E-state index contributed by atoms with van der Waals surface area (Å²) in [4.78, 5) is 10.6. The van der Waals surface area contributed by atoms with Crippen molar-refractivity contribution >= 4 is 29.3 Å². The van der Waals surface area contributed by atoms with Gasteiger partial charge in [-0.15, -0.1) is 6.42 Å². The third-order valence-corrected chi connectivity index (χ3v) is 2.50. The normalized spacial score (nSPS) is 12.8. The number of terminal acetylenes is 1. The highest BCUT2D eigenvalue weighted by molar-refractivity contribution is 6.32. The molecule has 0 saturated heterocycles. The second-order valence-electron chi connectivity index (χ2n) is 3.92. The third-order valence-electron chi connectivity index (χ3n) is 2.21. The van der Waals surface area contributed by atoms with Crippen LogP contribution in [-0.4, -0.2) is 24.3 Å². The van der Waals surface area contributed by atoms with Gasteiger partial charge in [-0.1, -0.05) is 17.5 Å². The van der Waals surface area contributed by atoms with Crippen molar-refractivity contribution < 1.29 is 27.1 Å². The van der Waals surface area contributed by atoms with Gasteiger partial charge >= 0.3 is 6.18 Å². The lowest BCUT2D eigenvalue weighted by atomic mass is 10.3. The SMILES string of the molecule is C#CC(C)Oc1cc(NN=CC(=O)C(F)(F)F)c(F)cc1Cl. The van der Waals surface area contributed by atoms with Crippen LogP contribution in [-0.2, 0) is 4.79 Å². The average Bonchev–Trinajstić information content (AvgIpc) is 2.42. The number of hydrogen-bond acceptors (Lipinski definition) is 4. The number of carbonyl (C=O) groups excluding carboxylic acids is 1. The lowest BCUT2D eigenvalue weighted by Crippen LogP contribution is -2.24. The van der Waals surface area contributed by atoms with E-state index in [0.717, 1.165) is 12.1 Å². The molecular weight excluding hydrogens is 328 g/mol. The van der Waals surface area contributed by atoms with Gasteiger partial charge in [0.15, 0.2) is 6.10 Å². The minimum absolute atomic E-state index is 0.00774. The molecule has 0 bridgehead atoms. The molecule has 1 unspecified atom stereocenters. The lowest BCUT2D eigenvalue weighted by Gasteiger charge is -2.12. The Labute approximate surface area is 128 Å². The molecule has 0 heterocycles. The monoisotopic (exact) mass is 336 g/mol. The molecule has 0 spiro atoms. The fraction of sp³-hybridized carbons (Fsp3) is 0.231. The Morgan fingerprint density at radius 1 is 1.55 bits per heavy atom. The molecule has 0 aliphatic carbocycles. The Hall–Kier alpha value is -2.27. The fourth-order valence-electron chi connectivity index (χ4n) is 1.16. The van der Waals surface area contributed by atoms with Gasteiger partial charge in [0.25, 0.3) is 5.78 Å². The minimum atomic E-state index is -5.06. The quantitative estimate of drug-likeness (QED) is 0.388. The molecule has 0 aliphatic heterocycles. The number of nitrogens with one attached hydrogen (secondary N) is 1. The topological polar surface area (TPSA) is 50.7 Å². The standard InChI is InChI=1S/C13H9ClF4N2O2/c1-3-7(2)22-11-5-10(9(15)4-8(11)14)20-19-6-12(21)13(16,17)18/h1,4-7,20H,2H3. The van der Waals surface area contributed by atoms with E-state index in [1.165, 1.54) is 6.92 Å². The molecule has 0 saturated carbocycles.